The van der Waals surface area contributed by atoms with Crippen LogP contribution in [0.3, 0.4) is 0 Å². The summed E-state index contributed by atoms with van der Waals surface area (Å²) in [7, 11) is 0. The molecular formula is C16H27BrN4. The Morgan fingerprint density at radius 1 is 1.29 bits per heavy atom. The Hall–Kier alpha value is -0.390. The van der Waals surface area contributed by atoms with E-state index in [1.807, 2.05) is 0 Å². The quantitative estimate of drug-likeness (QED) is 0.851. The van der Waals surface area contributed by atoms with Crippen molar-refractivity contribution >= 4 is 15.9 Å². The average molecular weight is 355 g/mol. The molecule has 5 heteroatoms. The first kappa shape index (κ1) is 15.5. The third-order valence-corrected chi connectivity index (χ3v) is 5.81. The molecule has 1 aromatic heterocycles. The highest BCUT2D eigenvalue weighted by atomic mass is 79.9. The number of hydrogen-bond acceptors (Lipinski definition) is 3. The molecule has 1 atom stereocenters. The molecule has 0 aromatic carbocycles. The summed E-state index contributed by atoms with van der Waals surface area (Å²) in [4.78, 5) is 2.66. The van der Waals surface area contributed by atoms with Crippen LogP contribution in [0.15, 0.2) is 4.47 Å². The van der Waals surface area contributed by atoms with E-state index in [0.717, 1.165) is 31.4 Å². The summed E-state index contributed by atoms with van der Waals surface area (Å²) < 4.78 is 3.35. The maximum Gasteiger partial charge on any atom is 0.0739 e. The number of halogens is 1. The number of piperidine rings is 1. The summed E-state index contributed by atoms with van der Waals surface area (Å²) >= 11 is 3.74. The number of rotatable bonds is 6. The molecule has 3 rings (SSSR count). The van der Waals surface area contributed by atoms with Crippen molar-refractivity contribution in [3.8, 4) is 0 Å². The summed E-state index contributed by atoms with van der Waals surface area (Å²) in [6.45, 7) is 8.60. The van der Waals surface area contributed by atoms with Gasteiger partial charge >= 0.3 is 0 Å². The minimum Gasteiger partial charge on any atom is -0.312 e. The van der Waals surface area contributed by atoms with Crippen molar-refractivity contribution in [2.75, 3.05) is 13.1 Å². The zero-order chi connectivity index (χ0) is 14.8. The summed E-state index contributed by atoms with van der Waals surface area (Å²) in [5, 5.41) is 8.35. The van der Waals surface area contributed by atoms with Crippen LogP contribution < -0.4 is 5.32 Å². The van der Waals surface area contributed by atoms with Crippen LogP contribution in [0.5, 0.6) is 0 Å². The molecule has 1 aliphatic heterocycles. The van der Waals surface area contributed by atoms with Crippen LogP contribution in [-0.2, 0) is 13.1 Å². The first-order chi connectivity index (χ1) is 10.2. The second-order valence-corrected chi connectivity index (χ2v) is 7.26. The molecule has 2 aliphatic rings. The van der Waals surface area contributed by atoms with Crippen LogP contribution >= 0.6 is 15.9 Å². The zero-order valence-electron chi connectivity index (χ0n) is 13.2. The predicted octanol–water partition coefficient (Wildman–Crippen LogP) is 3.08. The van der Waals surface area contributed by atoms with Gasteiger partial charge in [0.25, 0.3) is 0 Å². The second-order valence-electron chi connectivity index (χ2n) is 6.46. The Kier molecular flexibility index (Phi) is 5.02. The number of likely N-dealkylation sites (tertiary alicyclic amines) is 1. The molecule has 2 heterocycles. The van der Waals surface area contributed by atoms with Crippen LogP contribution in [0.4, 0.5) is 0 Å². The number of nitrogens with zero attached hydrogens (tertiary/aromatic N) is 3. The lowest BCUT2D eigenvalue weighted by atomic mass is 10.0. The van der Waals surface area contributed by atoms with Gasteiger partial charge in [-0.15, -0.1) is 0 Å². The smallest absolute Gasteiger partial charge is 0.0739 e. The van der Waals surface area contributed by atoms with Gasteiger partial charge in [-0.2, -0.15) is 5.10 Å². The van der Waals surface area contributed by atoms with Gasteiger partial charge in [0.2, 0.25) is 0 Å². The van der Waals surface area contributed by atoms with Crippen LogP contribution in [0.25, 0.3) is 0 Å². The van der Waals surface area contributed by atoms with E-state index in [9.17, 15) is 0 Å². The number of nitrogens with one attached hydrogen (secondary N) is 1. The van der Waals surface area contributed by atoms with Gasteiger partial charge in [-0.05, 0) is 62.0 Å². The van der Waals surface area contributed by atoms with Gasteiger partial charge in [-0.25, -0.2) is 0 Å². The van der Waals surface area contributed by atoms with Gasteiger partial charge in [-0.3, -0.25) is 9.58 Å². The molecule has 4 nitrogen and oxygen atoms in total. The molecule has 2 fully saturated rings. The van der Waals surface area contributed by atoms with Crippen molar-refractivity contribution in [2.24, 2.45) is 0 Å². The highest BCUT2D eigenvalue weighted by molar-refractivity contribution is 9.10. The van der Waals surface area contributed by atoms with E-state index in [1.165, 1.54) is 48.8 Å². The topological polar surface area (TPSA) is 33.1 Å². The lowest BCUT2D eigenvalue weighted by Gasteiger charge is -2.36. The standard InChI is InChI=1S/C16H27BrN4/c1-3-21-15(16(17)12(2)19-21)11-20-9-5-4-6-14(20)10-18-13-7-8-13/h13-14,18H,3-11H2,1-2H3. The van der Waals surface area contributed by atoms with Gasteiger partial charge in [0.05, 0.1) is 15.9 Å². The van der Waals surface area contributed by atoms with Gasteiger partial charge in [-0.1, -0.05) is 6.42 Å². The minimum atomic E-state index is 0.687. The van der Waals surface area contributed by atoms with E-state index < -0.39 is 0 Å². The molecule has 118 valence electrons. The van der Waals surface area contributed by atoms with Crippen molar-refractivity contribution < 1.29 is 0 Å². The fourth-order valence-electron chi connectivity index (χ4n) is 3.30. The number of aryl methyl sites for hydroxylation is 2. The summed E-state index contributed by atoms with van der Waals surface area (Å²) in [6, 6.07) is 1.50. The molecule has 1 saturated carbocycles. The van der Waals surface area contributed by atoms with Crippen molar-refractivity contribution in [3.05, 3.63) is 15.9 Å². The molecular weight excluding hydrogens is 328 g/mol. The van der Waals surface area contributed by atoms with Gasteiger partial charge in [0.1, 0.15) is 0 Å². The highest BCUT2D eigenvalue weighted by Crippen LogP contribution is 2.26. The number of hydrogen-bond donors (Lipinski definition) is 1. The Morgan fingerprint density at radius 3 is 2.81 bits per heavy atom. The molecule has 1 aliphatic carbocycles. The molecule has 0 spiro atoms. The molecule has 0 bridgehead atoms. The largest absolute Gasteiger partial charge is 0.312 e. The van der Waals surface area contributed by atoms with Crippen molar-refractivity contribution in [2.45, 2.75) is 71.1 Å². The van der Waals surface area contributed by atoms with E-state index in [1.54, 1.807) is 0 Å². The predicted molar refractivity (Wildman–Crippen MR) is 89.4 cm³/mol. The van der Waals surface area contributed by atoms with Crippen LogP contribution in [-0.4, -0.2) is 39.9 Å². The Bertz CT molecular complexity index is 481. The van der Waals surface area contributed by atoms with E-state index >= 15 is 0 Å². The second kappa shape index (κ2) is 6.80. The lowest BCUT2D eigenvalue weighted by Crippen LogP contribution is -2.45. The van der Waals surface area contributed by atoms with Gasteiger partial charge < -0.3 is 5.32 Å². The zero-order valence-corrected chi connectivity index (χ0v) is 14.8. The fourth-order valence-corrected chi connectivity index (χ4v) is 3.71. The third-order valence-electron chi connectivity index (χ3n) is 4.77. The van der Waals surface area contributed by atoms with Crippen LogP contribution in [0.2, 0.25) is 0 Å². The fraction of sp³-hybridized carbons (Fsp3) is 0.812. The van der Waals surface area contributed by atoms with Crippen molar-refractivity contribution in [1.29, 1.82) is 0 Å². The van der Waals surface area contributed by atoms with Crippen LogP contribution in [0.1, 0.15) is 50.4 Å². The van der Waals surface area contributed by atoms with E-state index in [2.05, 4.69) is 49.8 Å². The minimum absolute atomic E-state index is 0.687. The van der Waals surface area contributed by atoms with Crippen molar-refractivity contribution in [3.63, 3.8) is 0 Å². The number of aromatic nitrogens is 2. The average Bonchev–Trinajstić information content (AvgIpc) is 3.28. The highest BCUT2D eigenvalue weighted by Gasteiger charge is 2.27. The molecule has 0 amide bonds. The Labute approximate surface area is 136 Å². The van der Waals surface area contributed by atoms with Gasteiger partial charge in [0, 0.05) is 31.7 Å². The Morgan fingerprint density at radius 2 is 2.10 bits per heavy atom. The monoisotopic (exact) mass is 354 g/mol. The Balaban J connectivity index is 1.68. The molecule has 0 radical (unpaired) electrons. The van der Waals surface area contributed by atoms with E-state index in [0.29, 0.717) is 6.04 Å². The first-order valence-corrected chi connectivity index (χ1v) is 9.17. The molecule has 1 saturated heterocycles. The third kappa shape index (κ3) is 3.69. The maximum absolute atomic E-state index is 4.63. The summed E-state index contributed by atoms with van der Waals surface area (Å²) in [5.74, 6) is 0. The molecule has 21 heavy (non-hydrogen) atoms. The summed E-state index contributed by atoms with van der Waals surface area (Å²) in [5.41, 5.74) is 2.45. The molecule has 1 unspecified atom stereocenters. The van der Waals surface area contributed by atoms with E-state index in [-0.39, 0.29) is 0 Å². The maximum atomic E-state index is 4.63. The van der Waals surface area contributed by atoms with E-state index in [4.69, 9.17) is 0 Å². The molecule has 1 N–H and O–H groups in total. The van der Waals surface area contributed by atoms with Gasteiger partial charge in [0.15, 0.2) is 0 Å². The lowest BCUT2D eigenvalue weighted by molar-refractivity contribution is 0.133. The summed E-state index contributed by atoms with van der Waals surface area (Å²) in [6.07, 6.45) is 6.79. The normalized spacial score (nSPS) is 23.7. The van der Waals surface area contributed by atoms with Crippen molar-refractivity contribution in [1.82, 2.24) is 20.0 Å². The first-order valence-electron chi connectivity index (χ1n) is 8.38. The SMILES string of the molecule is CCn1nc(C)c(Br)c1CN1CCCCC1CNC1CC1. The molecule has 1 aromatic rings. The van der Waals surface area contributed by atoms with Crippen LogP contribution in [0, 0.1) is 6.92 Å².